The Morgan fingerprint density at radius 3 is 1.82 bits per heavy atom. The van der Waals surface area contributed by atoms with Gasteiger partial charge in [0.25, 0.3) is 0 Å². The molecule has 0 bridgehead atoms. The van der Waals surface area contributed by atoms with Gasteiger partial charge in [-0.2, -0.15) is 22.0 Å². The van der Waals surface area contributed by atoms with E-state index in [0.717, 1.165) is 0 Å². The zero-order valence-electron chi connectivity index (χ0n) is 5.80. The fourth-order valence-corrected chi connectivity index (χ4v) is 0.382. The van der Waals surface area contributed by atoms with E-state index in [1.165, 1.54) is 6.92 Å². The highest BCUT2D eigenvalue weighted by molar-refractivity contribution is 4.77. The molecule has 11 heavy (non-hydrogen) atoms. The number of halogens is 5. The first-order valence-electron chi connectivity index (χ1n) is 2.96. The number of alkyl halides is 5. The van der Waals surface area contributed by atoms with Crippen LogP contribution in [0, 0.1) is 0 Å². The van der Waals surface area contributed by atoms with Gasteiger partial charge in [0, 0.05) is 0 Å². The molecule has 0 amide bonds. The zero-order chi connectivity index (χ0) is 9.12. The average molecular weight is 177 g/mol. The minimum Gasteiger partial charge on any atom is -0.311 e. The Balaban J connectivity index is 4.00. The standard InChI is InChI=1S/C5H8F5N/c1-2-11-3-4(6,7)5(8,9)10/h11H,2-3H2,1H3. The van der Waals surface area contributed by atoms with Crippen LogP contribution in [0.1, 0.15) is 6.92 Å². The summed E-state index contributed by atoms with van der Waals surface area (Å²) in [6.45, 7) is 0.186. The molecule has 0 aliphatic rings. The van der Waals surface area contributed by atoms with Crippen LogP contribution >= 0.6 is 0 Å². The summed E-state index contributed by atoms with van der Waals surface area (Å²) in [6.07, 6.45) is -5.45. The minimum atomic E-state index is -5.45. The van der Waals surface area contributed by atoms with Crippen molar-refractivity contribution in [1.82, 2.24) is 5.32 Å². The second-order valence-electron chi connectivity index (χ2n) is 1.98. The van der Waals surface area contributed by atoms with Gasteiger partial charge in [-0.25, -0.2) is 0 Å². The van der Waals surface area contributed by atoms with Gasteiger partial charge in [-0.05, 0) is 6.54 Å². The predicted octanol–water partition coefficient (Wildman–Crippen LogP) is 1.79. The van der Waals surface area contributed by atoms with Crippen molar-refractivity contribution in [2.75, 3.05) is 13.1 Å². The van der Waals surface area contributed by atoms with E-state index in [0.29, 0.717) is 0 Å². The van der Waals surface area contributed by atoms with Gasteiger partial charge in [0.05, 0.1) is 6.54 Å². The third-order valence-corrected chi connectivity index (χ3v) is 1.01. The van der Waals surface area contributed by atoms with Crippen molar-refractivity contribution in [2.24, 2.45) is 0 Å². The van der Waals surface area contributed by atoms with Crippen molar-refractivity contribution in [2.45, 2.75) is 19.0 Å². The Kier molecular flexibility index (Phi) is 3.22. The van der Waals surface area contributed by atoms with Gasteiger partial charge in [0.2, 0.25) is 0 Å². The molecule has 0 aliphatic heterocycles. The molecule has 68 valence electrons. The molecule has 0 aromatic rings. The van der Waals surface area contributed by atoms with E-state index in [-0.39, 0.29) is 6.54 Å². The lowest BCUT2D eigenvalue weighted by Crippen LogP contribution is -2.45. The third kappa shape index (κ3) is 3.00. The lowest BCUT2D eigenvalue weighted by Gasteiger charge is -2.19. The molecule has 0 aromatic heterocycles. The van der Waals surface area contributed by atoms with Crippen LogP contribution < -0.4 is 5.32 Å². The molecule has 0 saturated heterocycles. The number of hydrogen-bond acceptors (Lipinski definition) is 1. The molecule has 0 saturated carbocycles. The maximum absolute atomic E-state index is 11.9. The molecule has 0 radical (unpaired) electrons. The molecule has 0 heterocycles. The van der Waals surface area contributed by atoms with Crippen LogP contribution in [0.25, 0.3) is 0 Å². The van der Waals surface area contributed by atoms with Crippen LogP contribution in [0.5, 0.6) is 0 Å². The van der Waals surface area contributed by atoms with Crippen molar-refractivity contribution in [3.05, 3.63) is 0 Å². The van der Waals surface area contributed by atoms with Crippen molar-refractivity contribution in [3.8, 4) is 0 Å². The summed E-state index contributed by atoms with van der Waals surface area (Å²) in [6, 6.07) is 0. The second kappa shape index (κ2) is 3.34. The monoisotopic (exact) mass is 177 g/mol. The quantitative estimate of drug-likeness (QED) is 0.648. The summed E-state index contributed by atoms with van der Waals surface area (Å²) in [7, 11) is 0. The molecular weight excluding hydrogens is 169 g/mol. The molecule has 0 aromatic carbocycles. The summed E-state index contributed by atoms with van der Waals surface area (Å²) in [4.78, 5) is 0. The van der Waals surface area contributed by atoms with Gasteiger partial charge < -0.3 is 5.32 Å². The van der Waals surface area contributed by atoms with Crippen molar-refractivity contribution < 1.29 is 22.0 Å². The maximum Gasteiger partial charge on any atom is 0.454 e. The lowest BCUT2D eigenvalue weighted by molar-refractivity contribution is -0.279. The minimum absolute atomic E-state index is 0.0890. The summed E-state index contributed by atoms with van der Waals surface area (Å²) < 4.78 is 58.0. The first-order chi connectivity index (χ1) is 4.81. The van der Waals surface area contributed by atoms with Gasteiger partial charge in [0.1, 0.15) is 0 Å². The van der Waals surface area contributed by atoms with E-state index < -0.39 is 18.6 Å². The van der Waals surface area contributed by atoms with E-state index in [2.05, 4.69) is 0 Å². The van der Waals surface area contributed by atoms with Crippen LogP contribution in [-0.4, -0.2) is 25.2 Å². The smallest absolute Gasteiger partial charge is 0.311 e. The molecular formula is C5H8F5N. The molecule has 6 heteroatoms. The number of rotatable bonds is 3. The van der Waals surface area contributed by atoms with Crippen LogP contribution in [0.2, 0.25) is 0 Å². The zero-order valence-corrected chi connectivity index (χ0v) is 5.80. The Morgan fingerprint density at radius 2 is 1.55 bits per heavy atom. The highest BCUT2D eigenvalue weighted by Gasteiger charge is 2.56. The van der Waals surface area contributed by atoms with Gasteiger partial charge in [-0.15, -0.1) is 0 Å². The van der Waals surface area contributed by atoms with Gasteiger partial charge >= 0.3 is 12.1 Å². The Hall–Kier alpha value is -0.390. The molecule has 0 rings (SSSR count). The molecule has 0 unspecified atom stereocenters. The van der Waals surface area contributed by atoms with Crippen molar-refractivity contribution in [1.29, 1.82) is 0 Å². The van der Waals surface area contributed by atoms with Crippen molar-refractivity contribution >= 4 is 0 Å². The van der Waals surface area contributed by atoms with Gasteiger partial charge in [-0.3, -0.25) is 0 Å². The third-order valence-electron chi connectivity index (χ3n) is 1.01. The van der Waals surface area contributed by atoms with Gasteiger partial charge in [0.15, 0.2) is 0 Å². The van der Waals surface area contributed by atoms with Crippen LogP contribution in [0.15, 0.2) is 0 Å². The summed E-state index contributed by atoms with van der Waals surface area (Å²) in [5, 5.41) is 1.93. The lowest BCUT2D eigenvalue weighted by atomic mass is 10.3. The highest BCUT2D eigenvalue weighted by Crippen LogP contribution is 2.34. The highest BCUT2D eigenvalue weighted by atomic mass is 19.4. The molecule has 0 atom stereocenters. The fraction of sp³-hybridized carbons (Fsp3) is 1.00. The largest absolute Gasteiger partial charge is 0.454 e. The Labute approximate surface area is 60.6 Å². The maximum atomic E-state index is 11.9. The van der Waals surface area contributed by atoms with E-state index >= 15 is 0 Å². The van der Waals surface area contributed by atoms with E-state index in [4.69, 9.17) is 0 Å². The van der Waals surface area contributed by atoms with Crippen LogP contribution in [0.4, 0.5) is 22.0 Å². The first kappa shape index (κ1) is 10.6. The van der Waals surface area contributed by atoms with Crippen molar-refractivity contribution in [3.63, 3.8) is 0 Å². The van der Waals surface area contributed by atoms with Gasteiger partial charge in [-0.1, -0.05) is 6.92 Å². The Bertz CT molecular complexity index is 119. The summed E-state index contributed by atoms with van der Waals surface area (Å²) >= 11 is 0. The number of nitrogens with one attached hydrogen (secondary N) is 1. The van der Waals surface area contributed by atoms with E-state index in [1.54, 1.807) is 0 Å². The molecule has 1 nitrogen and oxygen atoms in total. The van der Waals surface area contributed by atoms with E-state index in [9.17, 15) is 22.0 Å². The van der Waals surface area contributed by atoms with Crippen LogP contribution in [-0.2, 0) is 0 Å². The summed E-state index contributed by atoms with van der Waals surface area (Å²) in [5.74, 6) is -4.62. The predicted molar refractivity (Wildman–Crippen MR) is 29.5 cm³/mol. The first-order valence-corrected chi connectivity index (χ1v) is 2.96. The van der Waals surface area contributed by atoms with E-state index in [1.807, 2.05) is 5.32 Å². The molecule has 0 spiro atoms. The second-order valence-corrected chi connectivity index (χ2v) is 1.98. The number of hydrogen-bond donors (Lipinski definition) is 1. The van der Waals surface area contributed by atoms with Crippen LogP contribution in [0.3, 0.4) is 0 Å². The summed E-state index contributed by atoms with van der Waals surface area (Å²) in [5.41, 5.74) is 0. The molecule has 0 aliphatic carbocycles. The Morgan fingerprint density at radius 1 is 1.09 bits per heavy atom. The topological polar surface area (TPSA) is 12.0 Å². The fourth-order valence-electron chi connectivity index (χ4n) is 0.382. The molecule has 0 fully saturated rings. The average Bonchev–Trinajstić information content (AvgIpc) is 1.81. The SMILES string of the molecule is CCNCC(F)(F)C(F)(F)F. The normalized spacial score (nSPS) is 13.6. The molecule has 1 N–H and O–H groups in total.